The third-order valence-corrected chi connectivity index (χ3v) is 3.95. The van der Waals surface area contributed by atoms with Gasteiger partial charge < -0.3 is 0 Å². The normalized spacial score (nSPS) is 16.1. The quantitative estimate of drug-likeness (QED) is 0.777. The van der Waals surface area contributed by atoms with Crippen LogP contribution in [-0.2, 0) is 6.54 Å². The lowest BCUT2D eigenvalue weighted by molar-refractivity contribution is 0.602. The number of hydrogen-bond donors (Lipinski definition) is 0. The SMILES string of the molecule is Cc1csc2c(=O)n(CC3CC3)cnc12. The number of rotatable bonds is 2. The van der Waals surface area contributed by atoms with Crippen LogP contribution >= 0.6 is 11.3 Å². The van der Waals surface area contributed by atoms with E-state index < -0.39 is 0 Å². The molecule has 0 spiro atoms. The highest BCUT2D eigenvalue weighted by atomic mass is 32.1. The minimum absolute atomic E-state index is 0.130. The van der Waals surface area contributed by atoms with Crippen molar-refractivity contribution in [2.45, 2.75) is 26.3 Å². The number of thiophene rings is 1. The van der Waals surface area contributed by atoms with Crippen molar-refractivity contribution >= 4 is 21.6 Å². The second-order valence-corrected chi connectivity index (χ2v) is 5.12. The number of fused-ring (bicyclic) bond motifs is 1. The van der Waals surface area contributed by atoms with Crippen molar-refractivity contribution in [1.82, 2.24) is 9.55 Å². The van der Waals surface area contributed by atoms with Crippen molar-refractivity contribution in [3.05, 3.63) is 27.6 Å². The van der Waals surface area contributed by atoms with Crippen LogP contribution < -0.4 is 5.56 Å². The third-order valence-electron chi connectivity index (χ3n) is 2.88. The molecule has 2 aromatic heterocycles. The summed E-state index contributed by atoms with van der Waals surface area (Å²) in [6.07, 6.45) is 4.21. The Bertz CT molecular complexity index is 565. The Kier molecular flexibility index (Phi) is 1.92. The molecule has 3 rings (SSSR count). The van der Waals surface area contributed by atoms with Crippen molar-refractivity contribution in [2.75, 3.05) is 0 Å². The Labute approximate surface area is 91.4 Å². The molecule has 0 bridgehead atoms. The topological polar surface area (TPSA) is 34.9 Å². The first-order chi connectivity index (χ1) is 7.25. The molecule has 0 unspecified atom stereocenters. The zero-order valence-electron chi connectivity index (χ0n) is 8.56. The Hall–Kier alpha value is -1.16. The van der Waals surface area contributed by atoms with Gasteiger partial charge in [0, 0.05) is 6.54 Å². The Morgan fingerprint density at radius 3 is 3.13 bits per heavy atom. The first-order valence-corrected chi connectivity index (χ1v) is 6.07. The predicted molar refractivity (Wildman–Crippen MR) is 61.3 cm³/mol. The van der Waals surface area contributed by atoms with E-state index in [-0.39, 0.29) is 5.56 Å². The molecule has 0 aromatic carbocycles. The van der Waals surface area contributed by atoms with E-state index >= 15 is 0 Å². The van der Waals surface area contributed by atoms with Crippen molar-refractivity contribution < 1.29 is 0 Å². The van der Waals surface area contributed by atoms with Crippen molar-refractivity contribution in [1.29, 1.82) is 0 Å². The predicted octanol–water partition coefficient (Wildman–Crippen LogP) is 2.18. The molecule has 78 valence electrons. The van der Waals surface area contributed by atoms with Crippen LogP contribution in [0.5, 0.6) is 0 Å². The van der Waals surface area contributed by atoms with E-state index in [1.807, 2.05) is 12.3 Å². The first-order valence-electron chi connectivity index (χ1n) is 5.19. The Morgan fingerprint density at radius 1 is 1.60 bits per heavy atom. The molecule has 4 heteroatoms. The molecule has 1 saturated carbocycles. The van der Waals surface area contributed by atoms with Crippen molar-refractivity contribution in [3.8, 4) is 0 Å². The minimum atomic E-state index is 0.130. The monoisotopic (exact) mass is 220 g/mol. The molecule has 0 saturated heterocycles. The zero-order chi connectivity index (χ0) is 10.4. The summed E-state index contributed by atoms with van der Waals surface area (Å²) >= 11 is 1.51. The third kappa shape index (κ3) is 1.49. The smallest absolute Gasteiger partial charge is 0.271 e. The van der Waals surface area contributed by atoms with Gasteiger partial charge in [-0.3, -0.25) is 9.36 Å². The summed E-state index contributed by atoms with van der Waals surface area (Å²) < 4.78 is 2.56. The van der Waals surface area contributed by atoms with E-state index in [1.165, 1.54) is 24.2 Å². The largest absolute Gasteiger partial charge is 0.298 e. The van der Waals surface area contributed by atoms with Gasteiger partial charge in [0.1, 0.15) is 4.70 Å². The summed E-state index contributed by atoms with van der Waals surface area (Å²) in [6.45, 7) is 2.84. The zero-order valence-corrected chi connectivity index (χ0v) is 9.38. The molecule has 2 heterocycles. The van der Waals surface area contributed by atoms with E-state index in [0.717, 1.165) is 22.3 Å². The maximum atomic E-state index is 12.0. The average Bonchev–Trinajstić information content (AvgIpc) is 2.95. The highest BCUT2D eigenvalue weighted by molar-refractivity contribution is 7.17. The van der Waals surface area contributed by atoms with E-state index in [1.54, 1.807) is 10.9 Å². The summed E-state index contributed by atoms with van der Waals surface area (Å²) in [4.78, 5) is 16.4. The van der Waals surface area contributed by atoms with Crippen LogP contribution in [-0.4, -0.2) is 9.55 Å². The summed E-state index contributed by atoms with van der Waals surface area (Å²) in [6, 6.07) is 0. The average molecular weight is 220 g/mol. The van der Waals surface area contributed by atoms with Crippen LogP contribution in [0.1, 0.15) is 18.4 Å². The molecule has 0 radical (unpaired) electrons. The molecular formula is C11H12N2OS. The van der Waals surface area contributed by atoms with Gasteiger partial charge in [-0.05, 0) is 36.6 Å². The molecule has 1 aliphatic rings. The summed E-state index contributed by atoms with van der Waals surface area (Å²) in [5, 5.41) is 2.00. The van der Waals surface area contributed by atoms with Crippen LogP contribution in [0.15, 0.2) is 16.5 Å². The Morgan fingerprint density at radius 2 is 2.40 bits per heavy atom. The minimum Gasteiger partial charge on any atom is -0.298 e. The molecular weight excluding hydrogens is 208 g/mol. The van der Waals surface area contributed by atoms with Gasteiger partial charge in [0.25, 0.3) is 5.56 Å². The maximum absolute atomic E-state index is 12.0. The van der Waals surface area contributed by atoms with Crippen LogP contribution in [0.2, 0.25) is 0 Å². The standard InChI is InChI=1S/C11H12N2OS/c1-7-5-15-10-9(7)12-6-13(11(10)14)4-8-2-3-8/h5-6,8H,2-4H2,1H3. The number of hydrogen-bond acceptors (Lipinski definition) is 3. The maximum Gasteiger partial charge on any atom is 0.271 e. The van der Waals surface area contributed by atoms with Gasteiger partial charge in [0.2, 0.25) is 0 Å². The molecule has 0 amide bonds. The fourth-order valence-corrected chi connectivity index (χ4v) is 2.72. The van der Waals surface area contributed by atoms with Gasteiger partial charge >= 0.3 is 0 Å². The lowest BCUT2D eigenvalue weighted by Gasteiger charge is -2.02. The van der Waals surface area contributed by atoms with E-state index in [9.17, 15) is 4.79 Å². The first kappa shape index (κ1) is 9.09. The van der Waals surface area contributed by atoms with Gasteiger partial charge in [-0.15, -0.1) is 11.3 Å². The molecule has 0 atom stereocenters. The highest BCUT2D eigenvalue weighted by Crippen LogP contribution is 2.30. The number of aryl methyl sites for hydroxylation is 1. The Balaban J connectivity index is 2.16. The molecule has 0 aliphatic heterocycles. The van der Waals surface area contributed by atoms with Crippen LogP contribution in [0.3, 0.4) is 0 Å². The molecule has 1 aliphatic carbocycles. The van der Waals surface area contributed by atoms with Gasteiger partial charge in [0.15, 0.2) is 0 Å². The number of aromatic nitrogens is 2. The van der Waals surface area contributed by atoms with Crippen LogP contribution in [0.25, 0.3) is 10.2 Å². The van der Waals surface area contributed by atoms with E-state index in [2.05, 4.69) is 4.98 Å². The second kappa shape index (κ2) is 3.17. The summed E-state index contributed by atoms with van der Waals surface area (Å²) in [5.41, 5.74) is 2.10. The lowest BCUT2D eigenvalue weighted by Crippen LogP contribution is -2.20. The molecule has 0 N–H and O–H groups in total. The van der Waals surface area contributed by atoms with Crippen molar-refractivity contribution in [2.24, 2.45) is 5.92 Å². The molecule has 2 aromatic rings. The fraction of sp³-hybridized carbons (Fsp3) is 0.455. The van der Waals surface area contributed by atoms with E-state index in [4.69, 9.17) is 0 Å². The lowest BCUT2D eigenvalue weighted by atomic mass is 10.3. The second-order valence-electron chi connectivity index (χ2n) is 4.24. The fourth-order valence-electron chi connectivity index (χ4n) is 1.77. The number of nitrogens with zero attached hydrogens (tertiary/aromatic N) is 2. The summed E-state index contributed by atoms with van der Waals surface area (Å²) in [5.74, 6) is 0.711. The van der Waals surface area contributed by atoms with Crippen molar-refractivity contribution in [3.63, 3.8) is 0 Å². The highest BCUT2D eigenvalue weighted by Gasteiger charge is 2.22. The van der Waals surface area contributed by atoms with Gasteiger partial charge in [-0.25, -0.2) is 4.98 Å². The van der Waals surface area contributed by atoms with Crippen LogP contribution in [0, 0.1) is 12.8 Å². The van der Waals surface area contributed by atoms with Gasteiger partial charge in [0.05, 0.1) is 11.8 Å². The summed E-state index contributed by atoms with van der Waals surface area (Å²) in [7, 11) is 0. The van der Waals surface area contributed by atoms with Crippen LogP contribution in [0.4, 0.5) is 0 Å². The molecule has 1 fully saturated rings. The van der Waals surface area contributed by atoms with E-state index in [0.29, 0.717) is 5.92 Å². The molecule has 15 heavy (non-hydrogen) atoms. The van der Waals surface area contributed by atoms with Gasteiger partial charge in [-0.2, -0.15) is 0 Å². The van der Waals surface area contributed by atoms with Gasteiger partial charge in [-0.1, -0.05) is 0 Å². The molecule has 3 nitrogen and oxygen atoms in total.